The van der Waals surface area contributed by atoms with Gasteiger partial charge in [0.25, 0.3) is 0 Å². The predicted molar refractivity (Wildman–Crippen MR) is 160 cm³/mol. The number of rotatable bonds is 14. The lowest BCUT2D eigenvalue weighted by atomic mass is 9.82. The van der Waals surface area contributed by atoms with Crippen LogP contribution >= 0.6 is 0 Å². The van der Waals surface area contributed by atoms with E-state index in [1.807, 2.05) is 62.6 Å². The number of amides is 2. The second-order valence-electron chi connectivity index (χ2n) is 11.4. The minimum Gasteiger partial charge on any atom is -0.387 e. The van der Waals surface area contributed by atoms with Crippen molar-refractivity contribution in [2.24, 2.45) is 11.1 Å². The van der Waals surface area contributed by atoms with Crippen LogP contribution in [0, 0.1) is 17.0 Å². The Kier molecular flexibility index (Phi) is 11.8. The van der Waals surface area contributed by atoms with Gasteiger partial charge in [0.05, 0.1) is 12.1 Å². The summed E-state index contributed by atoms with van der Waals surface area (Å²) in [5.41, 5.74) is 7.85. The van der Waals surface area contributed by atoms with E-state index in [2.05, 4.69) is 10.6 Å². The van der Waals surface area contributed by atoms with Crippen LogP contribution in [0.2, 0.25) is 0 Å². The maximum Gasteiger partial charge on any atom is 0.248 e. The number of hydrogen-bond acceptors (Lipinski definition) is 5. The number of aliphatic hydroxyl groups is 1. The van der Waals surface area contributed by atoms with Crippen LogP contribution in [-0.2, 0) is 16.1 Å². The van der Waals surface area contributed by atoms with Crippen molar-refractivity contribution < 1.29 is 23.5 Å². The van der Waals surface area contributed by atoms with Gasteiger partial charge in [0.2, 0.25) is 11.8 Å². The normalized spacial score (nSPS) is 13.0. The second-order valence-corrected chi connectivity index (χ2v) is 11.4. The van der Waals surface area contributed by atoms with Crippen LogP contribution in [-0.4, -0.2) is 65.2 Å². The Morgan fingerprint density at radius 2 is 1.79 bits per heavy atom. The Balaban J connectivity index is 2.03. The Morgan fingerprint density at radius 1 is 1.07 bits per heavy atom. The van der Waals surface area contributed by atoms with Crippen molar-refractivity contribution in [2.75, 3.05) is 32.8 Å². The lowest BCUT2D eigenvalue weighted by molar-refractivity contribution is -0.140. The molecule has 0 aliphatic rings. The number of benzene rings is 2. The number of aliphatic hydroxyl groups excluding tert-OH is 1. The molecule has 2 atom stereocenters. The van der Waals surface area contributed by atoms with Crippen molar-refractivity contribution in [3.8, 4) is 11.1 Å². The molecule has 1 heterocycles. The fourth-order valence-electron chi connectivity index (χ4n) is 5.09. The quantitative estimate of drug-likeness (QED) is 0.216. The first kappa shape index (κ1) is 32.9. The van der Waals surface area contributed by atoms with Crippen molar-refractivity contribution in [3.63, 3.8) is 0 Å². The first-order chi connectivity index (χ1) is 20.0. The van der Waals surface area contributed by atoms with Gasteiger partial charge in [0.1, 0.15) is 18.2 Å². The first-order valence-corrected chi connectivity index (χ1v) is 14.3. The second kappa shape index (κ2) is 15.0. The molecule has 0 saturated heterocycles. The first-order valence-electron chi connectivity index (χ1n) is 14.3. The highest BCUT2D eigenvalue weighted by Crippen LogP contribution is 2.41. The van der Waals surface area contributed by atoms with Gasteiger partial charge in [-0.25, -0.2) is 8.78 Å². The van der Waals surface area contributed by atoms with E-state index in [9.17, 15) is 23.5 Å². The molecule has 42 heavy (non-hydrogen) atoms. The molecule has 5 N–H and O–H groups in total. The number of nitrogens with one attached hydrogen (secondary N) is 2. The Bertz CT molecular complexity index is 1320. The molecular weight excluding hydrogens is 540 g/mol. The summed E-state index contributed by atoms with van der Waals surface area (Å²) < 4.78 is 31.0. The zero-order chi connectivity index (χ0) is 30.9. The molecule has 2 amide bonds. The fourth-order valence-corrected chi connectivity index (χ4v) is 5.09. The minimum absolute atomic E-state index is 0.100. The van der Waals surface area contributed by atoms with Gasteiger partial charge in [-0.15, -0.1) is 0 Å². The third-order valence-corrected chi connectivity index (χ3v) is 7.10. The Morgan fingerprint density at radius 3 is 2.43 bits per heavy atom. The number of nitrogens with two attached hydrogens (primary N) is 1. The monoisotopic (exact) mass is 583 g/mol. The molecular formula is C32H43F2N5O3. The van der Waals surface area contributed by atoms with Gasteiger partial charge in [-0.3, -0.25) is 9.59 Å². The molecule has 2 aromatic carbocycles. The number of likely N-dealkylation sites (N-methyl/N-ethyl adjacent to an activating group) is 1. The van der Waals surface area contributed by atoms with Crippen LogP contribution in [0.5, 0.6) is 0 Å². The topological polar surface area (TPSA) is 113 Å². The standard InChI is InChI=1S/C32H43F2N5O3/c1-5-36-14-15-37-31(42)27(35)13-16-39(29(41)21-40)30(32(2,3)4)28-17-23(25-18-24(33)11-12-26(25)34)20-38(28)19-22-9-7-6-8-10-22/h6-12,17-18,20,27,30,36,40H,5,13-16,19,21,35H2,1-4H3,(H,37,42)/t27-,30-/m0/s1. The summed E-state index contributed by atoms with van der Waals surface area (Å²) >= 11 is 0. The van der Waals surface area contributed by atoms with E-state index >= 15 is 0 Å². The minimum atomic E-state index is -0.866. The molecule has 0 radical (unpaired) electrons. The predicted octanol–water partition coefficient (Wildman–Crippen LogP) is 3.83. The van der Waals surface area contributed by atoms with Crippen molar-refractivity contribution in [1.29, 1.82) is 0 Å². The molecule has 0 unspecified atom stereocenters. The summed E-state index contributed by atoms with van der Waals surface area (Å²) in [4.78, 5) is 27.4. The van der Waals surface area contributed by atoms with Crippen molar-refractivity contribution >= 4 is 11.8 Å². The van der Waals surface area contributed by atoms with E-state index in [-0.39, 0.29) is 24.4 Å². The molecule has 0 aliphatic heterocycles. The summed E-state index contributed by atoms with van der Waals surface area (Å²) in [5.74, 6) is -1.99. The molecule has 10 heteroatoms. The van der Waals surface area contributed by atoms with Gasteiger partial charge in [0, 0.05) is 49.2 Å². The lowest BCUT2D eigenvalue weighted by Crippen LogP contribution is -2.48. The number of carbonyl (C=O) groups excluding carboxylic acids is 2. The number of halogens is 2. The van der Waals surface area contributed by atoms with E-state index in [0.717, 1.165) is 30.3 Å². The average molecular weight is 584 g/mol. The molecule has 0 spiro atoms. The molecule has 0 bridgehead atoms. The van der Waals surface area contributed by atoms with E-state index < -0.39 is 41.6 Å². The third-order valence-electron chi connectivity index (χ3n) is 7.10. The highest BCUT2D eigenvalue weighted by molar-refractivity contribution is 5.82. The summed E-state index contributed by atoms with van der Waals surface area (Å²) in [6, 6.07) is 13.3. The third kappa shape index (κ3) is 8.70. The number of carbonyl (C=O) groups is 2. The number of aromatic nitrogens is 1. The summed E-state index contributed by atoms with van der Waals surface area (Å²) in [5, 5.41) is 15.9. The maximum absolute atomic E-state index is 14.9. The maximum atomic E-state index is 14.9. The van der Waals surface area contributed by atoms with Crippen molar-refractivity contribution in [3.05, 3.63) is 83.7 Å². The van der Waals surface area contributed by atoms with Crippen LogP contribution in [0.25, 0.3) is 11.1 Å². The van der Waals surface area contributed by atoms with Crippen LogP contribution in [0.15, 0.2) is 60.8 Å². The van der Waals surface area contributed by atoms with Crippen LogP contribution < -0.4 is 16.4 Å². The lowest BCUT2D eigenvalue weighted by Gasteiger charge is -2.41. The van der Waals surface area contributed by atoms with Gasteiger partial charge in [-0.2, -0.15) is 0 Å². The average Bonchev–Trinajstić information content (AvgIpc) is 3.35. The zero-order valence-electron chi connectivity index (χ0n) is 24.9. The Labute approximate surface area is 246 Å². The summed E-state index contributed by atoms with van der Waals surface area (Å²) in [6.07, 6.45) is 1.92. The molecule has 3 aromatic rings. The fraction of sp³-hybridized carbons (Fsp3) is 0.438. The number of hydrogen-bond donors (Lipinski definition) is 4. The number of nitrogens with zero attached hydrogens (tertiary/aromatic N) is 2. The van der Waals surface area contributed by atoms with Gasteiger partial charge in [-0.1, -0.05) is 58.0 Å². The molecule has 1 aromatic heterocycles. The highest BCUT2D eigenvalue weighted by atomic mass is 19.1. The molecule has 0 fully saturated rings. The van der Waals surface area contributed by atoms with Gasteiger partial charge < -0.3 is 30.9 Å². The van der Waals surface area contributed by atoms with Crippen molar-refractivity contribution in [2.45, 2.75) is 52.7 Å². The zero-order valence-corrected chi connectivity index (χ0v) is 24.9. The highest BCUT2D eigenvalue weighted by Gasteiger charge is 2.37. The van der Waals surface area contributed by atoms with Gasteiger partial charge >= 0.3 is 0 Å². The molecule has 0 aliphatic carbocycles. The molecule has 8 nitrogen and oxygen atoms in total. The van der Waals surface area contributed by atoms with Crippen LogP contribution in [0.3, 0.4) is 0 Å². The van der Waals surface area contributed by atoms with E-state index in [0.29, 0.717) is 30.9 Å². The largest absolute Gasteiger partial charge is 0.387 e. The SMILES string of the molecule is CCNCCNC(=O)[C@@H](N)CCN(C(=O)CO)[C@@H](c1cc(-c2cc(F)ccc2F)cn1Cc1ccccc1)C(C)(C)C. The summed E-state index contributed by atoms with van der Waals surface area (Å²) in [7, 11) is 0. The van der Waals surface area contributed by atoms with E-state index in [4.69, 9.17) is 5.73 Å². The molecule has 228 valence electrons. The van der Waals surface area contributed by atoms with E-state index in [1.165, 1.54) is 4.90 Å². The van der Waals surface area contributed by atoms with E-state index in [1.54, 1.807) is 12.3 Å². The van der Waals surface area contributed by atoms with Gasteiger partial charge in [-0.05, 0) is 48.2 Å². The molecule has 3 rings (SSSR count). The Hall–Kier alpha value is -3.60. The van der Waals surface area contributed by atoms with Crippen molar-refractivity contribution in [1.82, 2.24) is 20.1 Å². The van der Waals surface area contributed by atoms with Crippen LogP contribution in [0.4, 0.5) is 8.78 Å². The van der Waals surface area contributed by atoms with Crippen LogP contribution in [0.1, 0.15) is 51.4 Å². The molecule has 0 saturated carbocycles. The van der Waals surface area contributed by atoms with Gasteiger partial charge in [0.15, 0.2) is 0 Å². The summed E-state index contributed by atoms with van der Waals surface area (Å²) in [6.45, 7) is 9.47. The smallest absolute Gasteiger partial charge is 0.248 e.